The van der Waals surface area contributed by atoms with Crippen LogP contribution in [0.15, 0.2) is 23.1 Å². The minimum absolute atomic E-state index is 0. The first kappa shape index (κ1) is 20.2. The minimum atomic E-state index is 0. The summed E-state index contributed by atoms with van der Waals surface area (Å²) >= 11 is 4.26. The van der Waals surface area contributed by atoms with Gasteiger partial charge in [0, 0.05) is 7.47 Å². The average Bonchev–Trinajstić information content (AvgIpc) is 2.66. The number of nitrogens with two attached hydrogens (primary N) is 1. The number of hydrogen-bond donors (Lipinski definition) is 2. The number of allylic oxidation sites excluding steroid dienone is 1. The second-order valence-electron chi connectivity index (χ2n) is 2.25. The van der Waals surface area contributed by atoms with Crippen LogP contribution in [0, 0.1) is 0 Å². The van der Waals surface area contributed by atoms with Gasteiger partial charge in [0.15, 0.2) is 0 Å². The summed E-state index contributed by atoms with van der Waals surface area (Å²) in [6.07, 6.45) is 3.85. The van der Waals surface area contributed by atoms with Crippen LogP contribution >= 0.6 is 12.6 Å². The summed E-state index contributed by atoms with van der Waals surface area (Å²) in [5.41, 5.74) is 6.83. The highest BCUT2D eigenvalue weighted by Crippen LogP contribution is 2.27. The predicted molar refractivity (Wildman–Crippen MR) is 79.6 cm³/mol. The minimum Gasteiger partial charge on any atom is -0.324 e. The van der Waals surface area contributed by atoms with Crippen molar-refractivity contribution in [3.05, 3.63) is 23.1 Å². The van der Waals surface area contributed by atoms with E-state index in [4.69, 9.17) is 5.73 Å². The predicted octanol–water partition coefficient (Wildman–Crippen LogP) is 4.80. The lowest BCUT2D eigenvalue weighted by atomic mass is 10.1. The monoisotopic (exact) mass is 233 g/mol. The Morgan fingerprint density at radius 3 is 1.80 bits per heavy atom. The zero-order valence-electron chi connectivity index (χ0n) is 11.3. The molecule has 1 aliphatic rings. The molecule has 1 rings (SSSR count). The molecule has 0 bridgehead atoms. The van der Waals surface area contributed by atoms with E-state index >= 15 is 0 Å². The Morgan fingerprint density at radius 1 is 1.27 bits per heavy atom. The van der Waals surface area contributed by atoms with E-state index in [1.54, 1.807) is 6.08 Å². The molecule has 2 N–H and O–H groups in total. The molecule has 0 heterocycles. The average molecular weight is 233 g/mol. The van der Waals surface area contributed by atoms with Crippen molar-refractivity contribution in [2.75, 3.05) is 0 Å². The maximum Gasteiger partial charge on any atom is 0.0305 e. The zero-order chi connectivity index (χ0) is 12.9. The van der Waals surface area contributed by atoms with E-state index in [2.05, 4.69) is 19.2 Å². The molecule has 0 aliphatic heterocycles. The molecule has 0 fully saturated rings. The lowest BCUT2D eigenvalue weighted by Crippen LogP contribution is -2.17. The van der Waals surface area contributed by atoms with Crippen molar-refractivity contribution in [1.82, 2.24) is 0 Å². The van der Waals surface area contributed by atoms with E-state index in [0.29, 0.717) is 0 Å². The van der Waals surface area contributed by atoms with Gasteiger partial charge < -0.3 is 5.73 Å². The van der Waals surface area contributed by atoms with Gasteiger partial charge in [-0.3, -0.25) is 0 Å². The van der Waals surface area contributed by atoms with Gasteiger partial charge in [-0.05, 0) is 23.3 Å². The fourth-order valence-corrected chi connectivity index (χ4v) is 1.46. The molecule has 1 atom stereocenters. The molecule has 1 unspecified atom stereocenters. The number of rotatable bonds is 1. The molecule has 0 radical (unpaired) electrons. The Hall–Kier alpha value is -0.210. The SMILES string of the molecule is C=CC1=C(S)CCC1N.CC.CC.CC.[HH]. The molecule has 0 aromatic carbocycles. The van der Waals surface area contributed by atoms with Crippen LogP contribution in [0.4, 0.5) is 0 Å². The highest BCUT2D eigenvalue weighted by Gasteiger charge is 2.16. The van der Waals surface area contributed by atoms with E-state index in [9.17, 15) is 0 Å². The van der Waals surface area contributed by atoms with Crippen molar-refractivity contribution < 1.29 is 1.43 Å². The molecular formula is C13H31NS. The van der Waals surface area contributed by atoms with Gasteiger partial charge in [-0.1, -0.05) is 54.2 Å². The second kappa shape index (κ2) is 16.2. The third-order valence-electron chi connectivity index (χ3n) is 1.64. The molecule has 0 saturated carbocycles. The van der Waals surface area contributed by atoms with E-state index in [0.717, 1.165) is 23.3 Å². The lowest BCUT2D eigenvalue weighted by Gasteiger charge is -2.01. The maximum atomic E-state index is 5.70. The van der Waals surface area contributed by atoms with Crippen molar-refractivity contribution in [3.8, 4) is 0 Å². The first-order valence-corrected chi connectivity index (χ1v) is 6.50. The summed E-state index contributed by atoms with van der Waals surface area (Å²) in [7, 11) is 0. The molecular weight excluding hydrogens is 202 g/mol. The molecule has 15 heavy (non-hydrogen) atoms. The van der Waals surface area contributed by atoms with Gasteiger partial charge in [0.2, 0.25) is 0 Å². The molecule has 0 aromatic heterocycles. The topological polar surface area (TPSA) is 26.0 Å². The van der Waals surface area contributed by atoms with Gasteiger partial charge in [0.1, 0.15) is 0 Å². The molecule has 94 valence electrons. The highest BCUT2D eigenvalue weighted by molar-refractivity contribution is 7.84. The summed E-state index contributed by atoms with van der Waals surface area (Å²) < 4.78 is 0. The van der Waals surface area contributed by atoms with Crippen LogP contribution in [0.2, 0.25) is 0 Å². The van der Waals surface area contributed by atoms with Crippen LogP contribution in [0.1, 0.15) is 55.8 Å². The Balaban J connectivity index is -0.0000000900. The zero-order valence-corrected chi connectivity index (χ0v) is 12.2. The number of thiol groups is 1. The van der Waals surface area contributed by atoms with E-state index in [1.807, 2.05) is 41.5 Å². The molecule has 0 aromatic rings. The van der Waals surface area contributed by atoms with Crippen molar-refractivity contribution in [3.63, 3.8) is 0 Å². The van der Waals surface area contributed by atoms with Crippen molar-refractivity contribution >= 4 is 12.6 Å². The van der Waals surface area contributed by atoms with Crippen LogP contribution in [-0.4, -0.2) is 6.04 Å². The third kappa shape index (κ3) is 8.76. The van der Waals surface area contributed by atoms with E-state index < -0.39 is 0 Å². The van der Waals surface area contributed by atoms with Gasteiger partial charge in [0.25, 0.3) is 0 Å². The van der Waals surface area contributed by atoms with Gasteiger partial charge in [-0.15, -0.1) is 12.6 Å². The standard InChI is InChI=1S/C7H11NS.3C2H6.H2/c1-2-5-6(8)3-4-7(5)9;3*1-2;/h2,6,9H,1,3-4,8H2;3*1-2H3;1H. The Bertz CT molecular complexity index is 167. The van der Waals surface area contributed by atoms with Crippen LogP contribution in [-0.2, 0) is 0 Å². The second-order valence-corrected chi connectivity index (χ2v) is 2.79. The van der Waals surface area contributed by atoms with E-state index in [-0.39, 0.29) is 7.47 Å². The fourth-order valence-electron chi connectivity index (χ4n) is 1.08. The smallest absolute Gasteiger partial charge is 0.0305 e. The first-order chi connectivity index (χ1) is 7.25. The third-order valence-corrected chi connectivity index (χ3v) is 2.13. The Kier molecular flexibility index (Phi) is 21.9. The quantitative estimate of drug-likeness (QED) is 0.625. The summed E-state index contributed by atoms with van der Waals surface area (Å²) in [4.78, 5) is 1.11. The Morgan fingerprint density at radius 2 is 1.67 bits per heavy atom. The Labute approximate surface area is 104 Å². The van der Waals surface area contributed by atoms with Crippen LogP contribution < -0.4 is 5.73 Å². The molecule has 0 saturated heterocycles. The fraction of sp³-hybridized carbons (Fsp3) is 0.692. The summed E-state index contributed by atoms with van der Waals surface area (Å²) in [6.45, 7) is 15.7. The normalized spacial score (nSPS) is 17.5. The summed E-state index contributed by atoms with van der Waals surface area (Å²) in [5.74, 6) is 0. The van der Waals surface area contributed by atoms with Gasteiger partial charge in [-0.2, -0.15) is 0 Å². The molecule has 1 aliphatic carbocycles. The summed E-state index contributed by atoms with van der Waals surface area (Å²) in [5, 5.41) is 0. The van der Waals surface area contributed by atoms with Gasteiger partial charge in [-0.25, -0.2) is 0 Å². The van der Waals surface area contributed by atoms with Crippen molar-refractivity contribution in [2.24, 2.45) is 5.73 Å². The van der Waals surface area contributed by atoms with Gasteiger partial charge >= 0.3 is 0 Å². The summed E-state index contributed by atoms with van der Waals surface area (Å²) in [6, 6.07) is 0.190. The largest absolute Gasteiger partial charge is 0.324 e. The van der Waals surface area contributed by atoms with E-state index in [1.165, 1.54) is 0 Å². The van der Waals surface area contributed by atoms with Crippen molar-refractivity contribution in [2.45, 2.75) is 60.4 Å². The van der Waals surface area contributed by atoms with Gasteiger partial charge in [0.05, 0.1) is 0 Å². The van der Waals surface area contributed by atoms with Crippen LogP contribution in [0.5, 0.6) is 0 Å². The van der Waals surface area contributed by atoms with Crippen LogP contribution in [0.3, 0.4) is 0 Å². The highest BCUT2D eigenvalue weighted by atomic mass is 32.1. The molecule has 2 heteroatoms. The molecule has 1 nitrogen and oxygen atoms in total. The number of hydrogen-bond acceptors (Lipinski definition) is 2. The maximum absolute atomic E-state index is 5.70. The molecule has 0 amide bonds. The molecule has 0 spiro atoms. The van der Waals surface area contributed by atoms with Crippen LogP contribution in [0.25, 0.3) is 0 Å². The first-order valence-electron chi connectivity index (χ1n) is 6.05. The van der Waals surface area contributed by atoms with Crippen molar-refractivity contribution in [1.29, 1.82) is 0 Å². The lowest BCUT2D eigenvalue weighted by molar-refractivity contribution is 0.762.